The number of ketones is 1. The van der Waals surface area contributed by atoms with Gasteiger partial charge < -0.3 is 9.47 Å². The first kappa shape index (κ1) is 17.1. The van der Waals surface area contributed by atoms with Crippen LogP contribution in [0.2, 0.25) is 0 Å². The largest absolute Gasteiger partial charge is 0.493 e. The number of hydrogen-bond acceptors (Lipinski definition) is 3. The molecule has 130 valence electrons. The van der Waals surface area contributed by atoms with Crippen molar-refractivity contribution in [1.82, 2.24) is 0 Å². The molecule has 0 unspecified atom stereocenters. The van der Waals surface area contributed by atoms with E-state index in [1.165, 1.54) is 25.7 Å². The average molecular weight is 328 g/mol. The lowest BCUT2D eigenvalue weighted by molar-refractivity contribution is -0.119. The third-order valence-electron chi connectivity index (χ3n) is 5.24. The van der Waals surface area contributed by atoms with Crippen molar-refractivity contribution in [3.05, 3.63) is 29.3 Å². The van der Waals surface area contributed by atoms with Crippen LogP contribution in [0.3, 0.4) is 0 Å². The molecule has 24 heavy (non-hydrogen) atoms. The van der Waals surface area contributed by atoms with Crippen molar-refractivity contribution in [1.29, 1.82) is 0 Å². The summed E-state index contributed by atoms with van der Waals surface area (Å²) < 4.78 is 11.2. The van der Waals surface area contributed by atoms with E-state index < -0.39 is 0 Å². The Labute approximate surface area is 145 Å². The summed E-state index contributed by atoms with van der Waals surface area (Å²) in [5.74, 6) is 2.74. The fourth-order valence-electron chi connectivity index (χ4n) is 4.08. The number of hydrogen-bond donors (Lipinski definition) is 0. The van der Waals surface area contributed by atoms with E-state index in [-0.39, 0.29) is 12.0 Å². The van der Waals surface area contributed by atoms with Crippen LogP contribution in [0.4, 0.5) is 0 Å². The molecule has 0 aromatic heterocycles. The quantitative estimate of drug-likeness (QED) is 0.711. The highest BCUT2D eigenvalue weighted by atomic mass is 16.5. The first-order valence-electron chi connectivity index (χ1n) is 9.18. The van der Waals surface area contributed by atoms with Gasteiger partial charge in [-0.15, -0.1) is 0 Å². The normalized spacial score (nSPS) is 23.4. The molecule has 1 atom stereocenters. The van der Waals surface area contributed by atoms with E-state index in [0.717, 1.165) is 35.5 Å². The minimum atomic E-state index is 0.103. The van der Waals surface area contributed by atoms with Crippen molar-refractivity contribution in [2.75, 3.05) is 7.11 Å². The minimum absolute atomic E-state index is 0.103. The summed E-state index contributed by atoms with van der Waals surface area (Å²) in [6, 6.07) is 5.89. The number of benzene rings is 1. The zero-order valence-electron chi connectivity index (χ0n) is 15.0. The standard InChI is InChI=1S/C21H28O3/c1-14(2)24-19-11-8-15(13-20(19)23-3)12-17-9-10-18(21(17)22)16-6-4-5-7-16/h8,11-14,16,18H,4-7,9-10H2,1-3H3/b17-12+/t18-/m1/s1. The molecule has 0 bridgehead atoms. The Hall–Kier alpha value is -1.77. The Morgan fingerprint density at radius 1 is 1.12 bits per heavy atom. The molecule has 1 aromatic carbocycles. The molecule has 0 heterocycles. The zero-order chi connectivity index (χ0) is 17.1. The summed E-state index contributed by atoms with van der Waals surface area (Å²) in [6.07, 6.45) is 9.14. The van der Waals surface area contributed by atoms with Gasteiger partial charge in [0.15, 0.2) is 17.3 Å². The second kappa shape index (κ2) is 7.42. The smallest absolute Gasteiger partial charge is 0.162 e. The highest BCUT2D eigenvalue weighted by Crippen LogP contribution is 2.41. The molecular weight excluding hydrogens is 300 g/mol. The maximum atomic E-state index is 12.7. The molecular formula is C21H28O3. The number of Topliss-reactive ketones (excluding diaryl/α,β-unsaturated/α-hetero) is 1. The molecule has 0 aliphatic heterocycles. The maximum absolute atomic E-state index is 12.7. The Morgan fingerprint density at radius 3 is 2.54 bits per heavy atom. The van der Waals surface area contributed by atoms with Gasteiger partial charge in [0.25, 0.3) is 0 Å². The highest BCUT2D eigenvalue weighted by Gasteiger charge is 2.36. The minimum Gasteiger partial charge on any atom is -0.493 e. The lowest BCUT2D eigenvalue weighted by atomic mass is 9.88. The molecule has 3 nitrogen and oxygen atoms in total. The Balaban J connectivity index is 1.77. The molecule has 2 fully saturated rings. The van der Waals surface area contributed by atoms with Crippen LogP contribution in [-0.2, 0) is 4.79 Å². The summed E-state index contributed by atoms with van der Waals surface area (Å²) in [7, 11) is 1.65. The summed E-state index contributed by atoms with van der Waals surface area (Å²) >= 11 is 0. The number of allylic oxidation sites excluding steroid dienone is 1. The average Bonchev–Trinajstić information content (AvgIpc) is 3.19. The molecule has 0 radical (unpaired) electrons. The van der Waals surface area contributed by atoms with Crippen LogP contribution in [0.25, 0.3) is 6.08 Å². The van der Waals surface area contributed by atoms with E-state index in [4.69, 9.17) is 9.47 Å². The van der Waals surface area contributed by atoms with Gasteiger partial charge in [-0.2, -0.15) is 0 Å². The van der Waals surface area contributed by atoms with Crippen LogP contribution in [0.5, 0.6) is 11.5 Å². The molecule has 0 saturated heterocycles. The van der Waals surface area contributed by atoms with Crippen molar-refractivity contribution in [2.24, 2.45) is 11.8 Å². The SMILES string of the molecule is COc1cc(/C=C2\CC[C@H](C3CCCC3)C2=O)ccc1OC(C)C. The van der Waals surface area contributed by atoms with Gasteiger partial charge in [0.2, 0.25) is 0 Å². The van der Waals surface area contributed by atoms with Crippen LogP contribution in [0, 0.1) is 11.8 Å². The molecule has 3 heteroatoms. The summed E-state index contributed by atoms with van der Waals surface area (Å²) in [4.78, 5) is 12.7. The van der Waals surface area contributed by atoms with E-state index in [0.29, 0.717) is 11.7 Å². The first-order valence-corrected chi connectivity index (χ1v) is 9.18. The molecule has 0 amide bonds. The number of carbonyl (C=O) groups is 1. The second-order valence-corrected chi connectivity index (χ2v) is 7.30. The van der Waals surface area contributed by atoms with Gasteiger partial charge in [-0.25, -0.2) is 0 Å². The lowest BCUT2D eigenvalue weighted by Gasteiger charge is -2.15. The molecule has 1 aromatic rings. The van der Waals surface area contributed by atoms with Crippen LogP contribution in [0.15, 0.2) is 23.8 Å². The monoisotopic (exact) mass is 328 g/mol. The highest BCUT2D eigenvalue weighted by molar-refractivity contribution is 6.03. The third kappa shape index (κ3) is 3.66. The van der Waals surface area contributed by atoms with Gasteiger partial charge in [-0.1, -0.05) is 18.9 Å². The topological polar surface area (TPSA) is 35.5 Å². The van der Waals surface area contributed by atoms with Gasteiger partial charge in [0.1, 0.15) is 0 Å². The number of carbonyl (C=O) groups excluding carboxylic acids is 1. The van der Waals surface area contributed by atoms with E-state index in [9.17, 15) is 4.79 Å². The molecule has 2 saturated carbocycles. The van der Waals surface area contributed by atoms with E-state index in [1.54, 1.807) is 7.11 Å². The Bertz CT molecular complexity index is 624. The molecule has 2 aliphatic carbocycles. The fourth-order valence-corrected chi connectivity index (χ4v) is 4.08. The Morgan fingerprint density at radius 2 is 1.88 bits per heavy atom. The van der Waals surface area contributed by atoms with Gasteiger partial charge in [0.05, 0.1) is 13.2 Å². The number of ether oxygens (including phenoxy) is 2. The zero-order valence-corrected chi connectivity index (χ0v) is 15.0. The first-order chi connectivity index (χ1) is 11.6. The third-order valence-corrected chi connectivity index (χ3v) is 5.24. The van der Waals surface area contributed by atoms with Crippen molar-refractivity contribution >= 4 is 11.9 Å². The van der Waals surface area contributed by atoms with Crippen LogP contribution >= 0.6 is 0 Å². The predicted octanol–water partition coefficient (Wildman–Crippen LogP) is 5.04. The molecule has 3 rings (SSSR count). The number of methoxy groups -OCH3 is 1. The van der Waals surface area contributed by atoms with Crippen LogP contribution in [-0.4, -0.2) is 19.0 Å². The second-order valence-electron chi connectivity index (χ2n) is 7.30. The van der Waals surface area contributed by atoms with Crippen molar-refractivity contribution in [3.63, 3.8) is 0 Å². The van der Waals surface area contributed by atoms with E-state index >= 15 is 0 Å². The lowest BCUT2D eigenvalue weighted by Crippen LogP contribution is -2.16. The molecule has 0 N–H and O–H groups in total. The summed E-state index contributed by atoms with van der Waals surface area (Å²) in [5.41, 5.74) is 1.99. The van der Waals surface area contributed by atoms with Crippen molar-refractivity contribution in [3.8, 4) is 11.5 Å². The van der Waals surface area contributed by atoms with Crippen molar-refractivity contribution < 1.29 is 14.3 Å². The van der Waals surface area contributed by atoms with Gasteiger partial charge in [0, 0.05) is 5.92 Å². The maximum Gasteiger partial charge on any atom is 0.162 e. The molecule has 2 aliphatic rings. The molecule has 0 spiro atoms. The van der Waals surface area contributed by atoms with Crippen LogP contribution in [0.1, 0.15) is 57.9 Å². The van der Waals surface area contributed by atoms with Gasteiger partial charge >= 0.3 is 0 Å². The number of rotatable bonds is 5. The van der Waals surface area contributed by atoms with E-state index in [2.05, 4.69) is 0 Å². The predicted molar refractivity (Wildman–Crippen MR) is 96.4 cm³/mol. The fraction of sp³-hybridized carbons (Fsp3) is 0.571. The Kier molecular flexibility index (Phi) is 5.27. The summed E-state index contributed by atoms with van der Waals surface area (Å²) in [5, 5.41) is 0. The van der Waals surface area contributed by atoms with Crippen LogP contribution < -0.4 is 9.47 Å². The van der Waals surface area contributed by atoms with E-state index in [1.807, 2.05) is 38.1 Å². The van der Waals surface area contributed by atoms with Crippen molar-refractivity contribution in [2.45, 2.75) is 58.5 Å². The van der Waals surface area contributed by atoms with Gasteiger partial charge in [-0.05, 0) is 74.8 Å². The summed E-state index contributed by atoms with van der Waals surface area (Å²) in [6.45, 7) is 3.99. The van der Waals surface area contributed by atoms with Gasteiger partial charge in [-0.3, -0.25) is 4.79 Å².